The molecule has 97 heavy (non-hydrogen) atoms. The number of hydrogen-bond acceptors (Lipinski definition) is 15. The normalized spacial score (nSPS) is 14.2. The van der Waals surface area contributed by atoms with Crippen LogP contribution in [-0.4, -0.2) is 96.7 Å². The number of ether oxygens (including phenoxy) is 4. The van der Waals surface area contributed by atoms with E-state index in [1.165, 1.54) is 238 Å². The van der Waals surface area contributed by atoms with Gasteiger partial charge in [0.1, 0.15) is 19.3 Å². The standard InChI is InChI=1S/C78H152O17P2/c1-6-10-13-16-19-22-24-26-28-30-32-33-35-37-39-41-44-47-53-58-63-77(82)94-73(67-89-76(81)62-57-52-46-43-40-38-36-34-31-29-27-25-23-20-17-14-11-7-2)69-92-96(84,85)90-65-72(79)66-91-97(86,87)93-70-74(68-88-75(80)61-56-51-45-42-21-18-15-12-8-3)95-78(83)64-59-54-49-48-50-55-60-71(5)9-4/h71-74,79H,6-70H2,1-5H3,(H,84,85)(H,86,87)/t71?,72-,73-,74-/m1/s1. The summed E-state index contributed by atoms with van der Waals surface area (Å²) in [5.74, 6) is -1.40. The topological polar surface area (TPSA) is 237 Å². The van der Waals surface area contributed by atoms with E-state index in [1.807, 2.05) is 0 Å². The van der Waals surface area contributed by atoms with Crippen LogP contribution in [-0.2, 0) is 65.4 Å². The summed E-state index contributed by atoms with van der Waals surface area (Å²) in [6.45, 7) is 7.24. The SMILES string of the molecule is CCCCCCCCCCCCCCCCCCCCCCC(=O)O[C@H](COC(=O)CCCCCCCCCCCCCCCCCCCC)COP(=O)(O)OC[C@@H](O)COP(=O)(O)OC[C@@H](COC(=O)CCCCCCCCCCC)OC(=O)CCCCCCCCC(C)CC. The molecule has 576 valence electrons. The van der Waals surface area contributed by atoms with Gasteiger partial charge in [0.15, 0.2) is 12.2 Å². The minimum atomic E-state index is -4.96. The van der Waals surface area contributed by atoms with Crippen molar-refractivity contribution in [2.75, 3.05) is 39.6 Å². The van der Waals surface area contributed by atoms with Crippen LogP contribution >= 0.6 is 15.6 Å². The monoisotopic (exact) mass is 1420 g/mol. The van der Waals surface area contributed by atoms with E-state index in [4.69, 9.17) is 37.0 Å². The first-order chi connectivity index (χ1) is 47.1. The molecule has 0 radical (unpaired) electrons. The predicted octanol–water partition coefficient (Wildman–Crippen LogP) is 23.3. The van der Waals surface area contributed by atoms with Gasteiger partial charge in [-0.05, 0) is 31.6 Å². The van der Waals surface area contributed by atoms with Crippen molar-refractivity contribution in [2.24, 2.45) is 5.92 Å². The van der Waals surface area contributed by atoms with Crippen molar-refractivity contribution in [3.8, 4) is 0 Å². The van der Waals surface area contributed by atoms with E-state index in [0.717, 1.165) is 95.8 Å². The lowest BCUT2D eigenvalue weighted by atomic mass is 10.00. The third-order valence-electron chi connectivity index (χ3n) is 18.6. The second kappa shape index (κ2) is 71.1. The maximum atomic E-state index is 13.1. The Bertz CT molecular complexity index is 1860. The maximum Gasteiger partial charge on any atom is 0.472 e. The van der Waals surface area contributed by atoms with Crippen LogP contribution in [0.3, 0.4) is 0 Å². The average Bonchev–Trinajstić information content (AvgIpc) is 1.25. The molecule has 0 aliphatic heterocycles. The fraction of sp³-hybridized carbons (Fsp3) is 0.949. The molecule has 0 aliphatic rings. The number of carbonyl (C=O) groups excluding carboxylic acids is 4. The number of carbonyl (C=O) groups is 4. The molecule has 0 fully saturated rings. The molecule has 19 heteroatoms. The Balaban J connectivity index is 5.19. The first kappa shape index (κ1) is 95.1. The summed E-state index contributed by atoms with van der Waals surface area (Å²) < 4.78 is 68.5. The minimum absolute atomic E-state index is 0.103. The van der Waals surface area contributed by atoms with Crippen LogP contribution in [0.2, 0.25) is 0 Å². The zero-order chi connectivity index (χ0) is 71.2. The summed E-state index contributed by atoms with van der Waals surface area (Å²) in [4.78, 5) is 72.8. The van der Waals surface area contributed by atoms with Crippen LogP contribution in [0, 0.1) is 5.92 Å². The highest BCUT2D eigenvalue weighted by atomic mass is 31.2. The van der Waals surface area contributed by atoms with Gasteiger partial charge in [-0.1, -0.05) is 362 Å². The molecule has 0 saturated heterocycles. The van der Waals surface area contributed by atoms with Crippen molar-refractivity contribution >= 4 is 39.5 Å². The van der Waals surface area contributed by atoms with Gasteiger partial charge < -0.3 is 33.8 Å². The van der Waals surface area contributed by atoms with Crippen LogP contribution < -0.4 is 0 Å². The van der Waals surface area contributed by atoms with Gasteiger partial charge >= 0.3 is 39.5 Å². The molecule has 0 aromatic rings. The van der Waals surface area contributed by atoms with Gasteiger partial charge in [-0.15, -0.1) is 0 Å². The summed E-state index contributed by atoms with van der Waals surface area (Å²) in [7, 11) is -9.91. The molecular weight excluding hydrogens is 1270 g/mol. The van der Waals surface area contributed by atoms with Crippen LogP contribution in [0.4, 0.5) is 0 Å². The van der Waals surface area contributed by atoms with Gasteiger partial charge in [0.05, 0.1) is 26.4 Å². The van der Waals surface area contributed by atoms with Gasteiger partial charge in [-0.3, -0.25) is 37.3 Å². The highest BCUT2D eigenvalue weighted by Gasteiger charge is 2.30. The van der Waals surface area contributed by atoms with E-state index in [0.29, 0.717) is 25.7 Å². The van der Waals surface area contributed by atoms with Crippen molar-refractivity contribution in [2.45, 2.75) is 432 Å². The average molecular weight is 1420 g/mol. The highest BCUT2D eigenvalue weighted by molar-refractivity contribution is 7.47. The molecular formula is C78H152O17P2. The van der Waals surface area contributed by atoms with E-state index >= 15 is 0 Å². The van der Waals surface area contributed by atoms with Crippen molar-refractivity contribution in [1.82, 2.24) is 0 Å². The van der Waals surface area contributed by atoms with Crippen molar-refractivity contribution in [3.63, 3.8) is 0 Å². The molecule has 0 rings (SSSR count). The van der Waals surface area contributed by atoms with E-state index in [2.05, 4.69) is 34.6 Å². The summed E-state index contributed by atoms with van der Waals surface area (Å²) in [5, 5.41) is 10.6. The third-order valence-corrected chi connectivity index (χ3v) is 20.5. The Morgan fingerprint density at radius 1 is 0.289 bits per heavy atom. The first-order valence-corrected chi connectivity index (χ1v) is 43.7. The third kappa shape index (κ3) is 70.9. The molecule has 6 atom stereocenters. The summed E-state index contributed by atoms with van der Waals surface area (Å²) in [6.07, 6.45) is 61.3. The quantitative estimate of drug-likeness (QED) is 0.0222. The van der Waals surface area contributed by atoms with E-state index in [-0.39, 0.29) is 25.7 Å². The smallest absolute Gasteiger partial charge is 0.462 e. The number of rotatable bonds is 78. The molecule has 0 heterocycles. The molecule has 0 aliphatic carbocycles. The Hall–Kier alpha value is -1.94. The lowest BCUT2D eigenvalue weighted by Gasteiger charge is -2.21. The van der Waals surface area contributed by atoms with E-state index < -0.39 is 97.5 Å². The van der Waals surface area contributed by atoms with Crippen molar-refractivity contribution in [1.29, 1.82) is 0 Å². The number of phosphoric ester groups is 2. The number of hydrogen-bond donors (Lipinski definition) is 3. The molecule has 0 spiro atoms. The van der Waals surface area contributed by atoms with Crippen molar-refractivity contribution in [3.05, 3.63) is 0 Å². The van der Waals surface area contributed by atoms with Gasteiger partial charge in [-0.25, -0.2) is 9.13 Å². The van der Waals surface area contributed by atoms with Gasteiger partial charge in [0, 0.05) is 25.7 Å². The first-order valence-electron chi connectivity index (χ1n) is 40.7. The molecule has 0 saturated carbocycles. The second-order valence-corrected chi connectivity index (χ2v) is 31.3. The second-order valence-electron chi connectivity index (χ2n) is 28.3. The molecule has 0 aromatic carbocycles. The molecule has 0 amide bonds. The van der Waals surface area contributed by atoms with Crippen molar-refractivity contribution < 1.29 is 80.2 Å². The van der Waals surface area contributed by atoms with Gasteiger partial charge in [0.2, 0.25) is 0 Å². The zero-order valence-electron chi connectivity index (χ0n) is 63.2. The lowest BCUT2D eigenvalue weighted by molar-refractivity contribution is -0.161. The Morgan fingerprint density at radius 3 is 0.732 bits per heavy atom. The maximum absolute atomic E-state index is 13.1. The lowest BCUT2D eigenvalue weighted by Crippen LogP contribution is -2.30. The molecule has 3 N–H and O–H groups in total. The zero-order valence-corrected chi connectivity index (χ0v) is 65.0. The van der Waals surface area contributed by atoms with Crippen LogP contribution in [0.1, 0.15) is 413 Å². The largest absolute Gasteiger partial charge is 0.472 e. The number of aliphatic hydroxyl groups excluding tert-OH is 1. The fourth-order valence-electron chi connectivity index (χ4n) is 12.0. The number of unbranched alkanes of at least 4 members (excludes halogenated alkanes) is 49. The van der Waals surface area contributed by atoms with Crippen LogP contribution in [0.5, 0.6) is 0 Å². The Morgan fingerprint density at radius 2 is 0.495 bits per heavy atom. The van der Waals surface area contributed by atoms with Crippen LogP contribution in [0.15, 0.2) is 0 Å². The molecule has 0 bridgehead atoms. The number of esters is 4. The Kier molecular flexibility index (Phi) is 69.6. The summed E-state index contributed by atoms with van der Waals surface area (Å²) in [6, 6.07) is 0. The molecule has 3 unspecified atom stereocenters. The molecule has 17 nitrogen and oxygen atoms in total. The summed E-state index contributed by atoms with van der Waals surface area (Å²) in [5.41, 5.74) is 0. The van der Waals surface area contributed by atoms with E-state index in [9.17, 15) is 43.2 Å². The number of phosphoric acid groups is 2. The fourth-order valence-corrected chi connectivity index (χ4v) is 13.6. The van der Waals surface area contributed by atoms with Crippen LogP contribution in [0.25, 0.3) is 0 Å². The van der Waals surface area contributed by atoms with Gasteiger partial charge in [0.25, 0.3) is 0 Å². The minimum Gasteiger partial charge on any atom is -0.462 e. The Labute approximate surface area is 594 Å². The predicted molar refractivity (Wildman–Crippen MR) is 395 cm³/mol. The van der Waals surface area contributed by atoms with Gasteiger partial charge in [-0.2, -0.15) is 0 Å². The highest BCUT2D eigenvalue weighted by Crippen LogP contribution is 2.45. The number of aliphatic hydroxyl groups is 1. The molecule has 0 aromatic heterocycles. The summed E-state index contributed by atoms with van der Waals surface area (Å²) >= 11 is 0. The van der Waals surface area contributed by atoms with E-state index in [1.54, 1.807) is 0 Å².